The number of rotatable bonds is 6. The van der Waals surface area contributed by atoms with Crippen LogP contribution >= 0.6 is 15.9 Å². The van der Waals surface area contributed by atoms with E-state index >= 15 is 0 Å². The fraction of sp³-hybridized carbons (Fsp3) is 0.100. The Morgan fingerprint density at radius 1 is 1.11 bits per heavy atom. The first-order chi connectivity index (χ1) is 13.4. The number of nitrogens with one attached hydrogen (secondary N) is 1. The van der Waals surface area contributed by atoms with Crippen molar-refractivity contribution in [3.8, 4) is 0 Å². The molecule has 0 fully saturated rings. The molecular weight excluding hydrogens is 428 g/mol. The summed E-state index contributed by atoms with van der Waals surface area (Å²) < 4.78 is 5.80. The second-order valence-electron chi connectivity index (χ2n) is 5.90. The number of esters is 1. The number of nitrogens with zero attached hydrogens (tertiary/aromatic N) is 1. The molecule has 0 saturated carbocycles. The number of hydrogen-bond donors (Lipinski definition) is 1. The summed E-state index contributed by atoms with van der Waals surface area (Å²) in [6.45, 7) is 3.11. The van der Waals surface area contributed by atoms with E-state index in [0.29, 0.717) is 5.69 Å². The van der Waals surface area contributed by atoms with Gasteiger partial charge in [-0.15, -0.1) is 6.58 Å². The predicted octanol–water partition coefficient (Wildman–Crippen LogP) is 3.03. The van der Waals surface area contributed by atoms with Crippen LogP contribution in [0.4, 0.5) is 5.69 Å². The second kappa shape index (κ2) is 8.18. The molecule has 0 radical (unpaired) electrons. The van der Waals surface area contributed by atoms with E-state index in [-0.39, 0.29) is 23.2 Å². The van der Waals surface area contributed by atoms with E-state index < -0.39 is 30.3 Å². The third kappa shape index (κ3) is 4.01. The van der Waals surface area contributed by atoms with Gasteiger partial charge in [-0.2, -0.15) is 0 Å². The number of benzene rings is 2. The molecule has 2 aromatic carbocycles. The second-order valence-corrected chi connectivity index (χ2v) is 6.82. The molecule has 1 aliphatic rings. The molecule has 0 atom stereocenters. The first-order valence-corrected chi connectivity index (χ1v) is 9.03. The van der Waals surface area contributed by atoms with Crippen LogP contribution in [0.1, 0.15) is 31.1 Å². The highest BCUT2D eigenvalue weighted by Crippen LogP contribution is 2.24. The summed E-state index contributed by atoms with van der Waals surface area (Å²) >= 11 is 3.30. The minimum Gasteiger partial charge on any atom is -0.452 e. The molecule has 3 amide bonds. The monoisotopic (exact) mass is 442 g/mol. The Morgan fingerprint density at radius 3 is 2.57 bits per heavy atom. The van der Waals surface area contributed by atoms with Crippen molar-refractivity contribution in [3.63, 3.8) is 0 Å². The minimum absolute atomic E-state index is 0.0793. The molecule has 0 saturated heterocycles. The quantitative estimate of drug-likeness (QED) is 0.421. The summed E-state index contributed by atoms with van der Waals surface area (Å²) in [7, 11) is 0. The average molecular weight is 443 g/mol. The molecule has 142 valence electrons. The van der Waals surface area contributed by atoms with E-state index in [0.717, 1.165) is 9.37 Å². The van der Waals surface area contributed by atoms with E-state index in [1.165, 1.54) is 24.3 Å². The highest BCUT2D eigenvalue weighted by Gasteiger charge is 2.35. The van der Waals surface area contributed by atoms with Crippen molar-refractivity contribution in [2.75, 3.05) is 18.5 Å². The van der Waals surface area contributed by atoms with Gasteiger partial charge in [0.1, 0.15) is 0 Å². The number of carbonyl (C=O) groups is 4. The lowest BCUT2D eigenvalue weighted by molar-refractivity contribution is -0.119. The molecule has 0 bridgehead atoms. The van der Waals surface area contributed by atoms with Crippen molar-refractivity contribution in [1.82, 2.24) is 4.90 Å². The number of hydrogen-bond acceptors (Lipinski definition) is 5. The molecule has 7 nitrogen and oxygen atoms in total. The lowest BCUT2D eigenvalue weighted by Crippen LogP contribution is -2.29. The molecule has 2 aromatic rings. The van der Waals surface area contributed by atoms with Gasteiger partial charge in [0.2, 0.25) is 0 Å². The largest absolute Gasteiger partial charge is 0.452 e. The zero-order valence-corrected chi connectivity index (χ0v) is 16.2. The molecule has 0 unspecified atom stereocenters. The smallest absolute Gasteiger partial charge is 0.338 e. The van der Waals surface area contributed by atoms with Crippen molar-refractivity contribution < 1.29 is 23.9 Å². The van der Waals surface area contributed by atoms with Crippen molar-refractivity contribution in [1.29, 1.82) is 0 Å². The van der Waals surface area contributed by atoms with E-state index in [4.69, 9.17) is 4.74 Å². The molecular formula is C20H15BrN2O5. The molecule has 0 aliphatic carbocycles. The van der Waals surface area contributed by atoms with Crippen molar-refractivity contribution >= 4 is 45.3 Å². The van der Waals surface area contributed by atoms with Crippen molar-refractivity contribution in [2.45, 2.75) is 0 Å². The van der Waals surface area contributed by atoms with Crippen LogP contribution < -0.4 is 5.32 Å². The van der Waals surface area contributed by atoms with E-state index in [9.17, 15) is 19.2 Å². The summed E-state index contributed by atoms with van der Waals surface area (Å²) in [5.74, 6) is -2.21. The number of carbonyl (C=O) groups excluding carboxylic acids is 4. The number of ether oxygens (including phenoxy) is 1. The zero-order valence-electron chi connectivity index (χ0n) is 14.6. The maximum atomic E-state index is 12.3. The van der Waals surface area contributed by atoms with Crippen LogP contribution in [-0.2, 0) is 9.53 Å². The van der Waals surface area contributed by atoms with E-state index in [2.05, 4.69) is 27.8 Å². The molecule has 1 aliphatic heterocycles. The highest BCUT2D eigenvalue weighted by molar-refractivity contribution is 9.10. The first kappa shape index (κ1) is 19.5. The lowest BCUT2D eigenvalue weighted by atomic mass is 10.1. The average Bonchev–Trinajstić information content (AvgIpc) is 2.91. The maximum absolute atomic E-state index is 12.3. The minimum atomic E-state index is -0.769. The Labute approximate surface area is 169 Å². The van der Waals surface area contributed by atoms with Crippen LogP contribution in [0.25, 0.3) is 0 Å². The Balaban J connectivity index is 1.64. The normalized spacial score (nSPS) is 12.5. The van der Waals surface area contributed by atoms with Crippen LogP contribution in [0.3, 0.4) is 0 Å². The van der Waals surface area contributed by atoms with Gasteiger partial charge in [0.15, 0.2) is 6.61 Å². The van der Waals surface area contributed by atoms with Crippen LogP contribution in [0.2, 0.25) is 0 Å². The molecule has 0 spiro atoms. The fourth-order valence-electron chi connectivity index (χ4n) is 2.69. The van der Waals surface area contributed by atoms with Crippen molar-refractivity contribution in [3.05, 3.63) is 76.3 Å². The van der Waals surface area contributed by atoms with Crippen LogP contribution in [-0.4, -0.2) is 41.7 Å². The number of imide groups is 1. The van der Waals surface area contributed by atoms with E-state index in [1.807, 2.05) is 6.07 Å². The van der Waals surface area contributed by atoms with Gasteiger partial charge in [-0.05, 0) is 36.4 Å². The Hall–Kier alpha value is -3.26. The molecule has 8 heteroatoms. The van der Waals surface area contributed by atoms with Gasteiger partial charge < -0.3 is 10.1 Å². The Kier molecular flexibility index (Phi) is 5.70. The van der Waals surface area contributed by atoms with Gasteiger partial charge in [-0.1, -0.05) is 28.1 Å². The van der Waals surface area contributed by atoms with Crippen LogP contribution in [0.5, 0.6) is 0 Å². The van der Waals surface area contributed by atoms with E-state index in [1.54, 1.807) is 18.2 Å². The van der Waals surface area contributed by atoms with Gasteiger partial charge in [0.25, 0.3) is 17.7 Å². The number of amides is 3. The number of fused-ring (bicyclic) bond motifs is 1. The lowest BCUT2D eigenvalue weighted by Gasteiger charge is -2.09. The van der Waals surface area contributed by atoms with Crippen LogP contribution in [0.15, 0.2) is 59.6 Å². The van der Waals surface area contributed by atoms with Gasteiger partial charge in [-0.3, -0.25) is 19.3 Å². The summed E-state index contributed by atoms with van der Waals surface area (Å²) in [5.41, 5.74) is 0.977. The molecule has 28 heavy (non-hydrogen) atoms. The summed E-state index contributed by atoms with van der Waals surface area (Å²) in [6.07, 6.45) is 1.45. The predicted molar refractivity (Wildman–Crippen MR) is 105 cm³/mol. The number of halogens is 1. The van der Waals surface area contributed by atoms with Crippen molar-refractivity contribution in [2.24, 2.45) is 0 Å². The zero-order chi connectivity index (χ0) is 20.3. The summed E-state index contributed by atoms with van der Waals surface area (Å²) in [6, 6.07) is 11.1. The maximum Gasteiger partial charge on any atom is 0.338 e. The SMILES string of the molecule is C=CCN1C(=O)c2ccc(C(=O)OCC(=O)Nc3cccc(Br)c3)cc2C1=O. The molecule has 1 heterocycles. The molecule has 3 rings (SSSR count). The topological polar surface area (TPSA) is 92.8 Å². The highest BCUT2D eigenvalue weighted by atomic mass is 79.9. The molecule has 1 N–H and O–H groups in total. The fourth-order valence-corrected chi connectivity index (χ4v) is 3.09. The first-order valence-electron chi connectivity index (χ1n) is 8.24. The third-order valence-electron chi connectivity index (χ3n) is 3.96. The standard InChI is InChI=1S/C20H15BrN2O5/c1-2-8-23-18(25)15-7-6-12(9-16(15)19(23)26)20(27)28-11-17(24)22-14-5-3-4-13(21)10-14/h2-7,9-10H,1,8,11H2,(H,22,24). The molecule has 0 aromatic heterocycles. The van der Waals surface area contributed by atoms with Gasteiger partial charge in [0.05, 0.1) is 16.7 Å². The Bertz CT molecular complexity index is 1000. The third-order valence-corrected chi connectivity index (χ3v) is 4.45. The van der Waals surface area contributed by atoms with Gasteiger partial charge in [-0.25, -0.2) is 4.79 Å². The van der Waals surface area contributed by atoms with Gasteiger partial charge >= 0.3 is 5.97 Å². The summed E-state index contributed by atoms with van der Waals surface area (Å²) in [5, 5.41) is 2.60. The van der Waals surface area contributed by atoms with Gasteiger partial charge in [0, 0.05) is 16.7 Å². The van der Waals surface area contributed by atoms with Crippen LogP contribution in [0, 0.1) is 0 Å². The number of anilines is 1. The summed E-state index contributed by atoms with van der Waals surface area (Å²) in [4.78, 5) is 49.7. The Morgan fingerprint density at radius 2 is 1.86 bits per heavy atom.